The molecule has 0 bridgehead atoms. The number of amides is 1. The molecule has 0 saturated heterocycles. The van der Waals surface area contributed by atoms with Gasteiger partial charge in [0.1, 0.15) is 0 Å². The largest absolute Gasteiger partial charge is 0.393 e. The van der Waals surface area contributed by atoms with E-state index in [0.29, 0.717) is 10.9 Å². The molecular formula is C11H22N2OS. The fourth-order valence-electron chi connectivity index (χ4n) is 1.58. The zero-order chi connectivity index (χ0) is 12.0. The summed E-state index contributed by atoms with van der Waals surface area (Å²) >= 11 is 4.92. The van der Waals surface area contributed by atoms with Crippen LogP contribution >= 0.6 is 12.2 Å². The molecule has 0 fully saturated rings. The van der Waals surface area contributed by atoms with Crippen LogP contribution in [0.3, 0.4) is 0 Å². The quantitative estimate of drug-likeness (QED) is 0.708. The van der Waals surface area contributed by atoms with Crippen LogP contribution < -0.4 is 5.73 Å². The monoisotopic (exact) mass is 230 g/mol. The molecule has 15 heavy (non-hydrogen) atoms. The van der Waals surface area contributed by atoms with Crippen molar-refractivity contribution in [2.24, 2.45) is 17.6 Å². The average Bonchev–Trinajstić information content (AvgIpc) is 2.11. The normalized spacial score (nSPS) is 12.6. The van der Waals surface area contributed by atoms with Crippen LogP contribution in [0, 0.1) is 11.8 Å². The van der Waals surface area contributed by atoms with Crippen molar-refractivity contribution >= 4 is 23.1 Å². The SMILES string of the molecule is CCCC(C(=O)N(C)CC(C)C)C(N)=S. The van der Waals surface area contributed by atoms with Crippen LogP contribution in [0.2, 0.25) is 0 Å². The van der Waals surface area contributed by atoms with Gasteiger partial charge in [0, 0.05) is 13.6 Å². The van der Waals surface area contributed by atoms with Crippen molar-refractivity contribution in [1.29, 1.82) is 0 Å². The number of hydrogen-bond acceptors (Lipinski definition) is 2. The number of nitrogens with two attached hydrogens (primary N) is 1. The van der Waals surface area contributed by atoms with Gasteiger partial charge in [0.25, 0.3) is 0 Å². The van der Waals surface area contributed by atoms with E-state index in [1.165, 1.54) is 0 Å². The van der Waals surface area contributed by atoms with Crippen molar-refractivity contribution in [3.63, 3.8) is 0 Å². The number of nitrogens with zero attached hydrogens (tertiary/aromatic N) is 1. The maximum Gasteiger partial charge on any atom is 0.232 e. The molecule has 0 saturated carbocycles. The highest BCUT2D eigenvalue weighted by molar-refractivity contribution is 7.80. The Morgan fingerprint density at radius 1 is 1.47 bits per heavy atom. The van der Waals surface area contributed by atoms with E-state index >= 15 is 0 Å². The smallest absolute Gasteiger partial charge is 0.232 e. The Labute approximate surface area is 98.0 Å². The lowest BCUT2D eigenvalue weighted by Gasteiger charge is -2.24. The second kappa shape index (κ2) is 6.77. The number of carbonyl (C=O) groups is 1. The Kier molecular flexibility index (Phi) is 6.48. The fraction of sp³-hybridized carbons (Fsp3) is 0.818. The highest BCUT2D eigenvalue weighted by Crippen LogP contribution is 2.11. The molecule has 0 radical (unpaired) electrons. The first kappa shape index (κ1) is 14.4. The van der Waals surface area contributed by atoms with E-state index in [4.69, 9.17) is 18.0 Å². The van der Waals surface area contributed by atoms with Crippen molar-refractivity contribution in [2.75, 3.05) is 13.6 Å². The van der Waals surface area contributed by atoms with Crippen molar-refractivity contribution < 1.29 is 4.79 Å². The van der Waals surface area contributed by atoms with Gasteiger partial charge < -0.3 is 10.6 Å². The van der Waals surface area contributed by atoms with E-state index in [-0.39, 0.29) is 11.8 Å². The van der Waals surface area contributed by atoms with Crippen LogP contribution in [0.5, 0.6) is 0 Å². The Balaban J connectivity index is 4.42. The lowest BCUT2D eigenvalue weighted by molar-refractivity contribution is -0.132. The number of rotatable bonds is 6. The molecule has 1 atom stereocenters. The molecule has 0 aromatic rings. The van der Waals surface area contributed by atoms with Crippen LogP contribution in [-0.4, -0.2) is 29.4 Å². The Morgan fingerprint density at radius 3 is 2.33 bits per heavy atom. The molecule has 0 aliphatic carbocycles. The summed E-state index contributed by atoms with van der Waals surface area (Å²) in [6.07, 6.45) is 1.67. The number of hydrogen-bond donors (Lipinski definition) is 1. The number of carbonyl (C=O) groups excluding carboxylic acids is 1. The summed E-state index contributed by atoms with van der Waals surface area (Å²) in [6, 6.07) is 0. The van der Waals surface area contributed by atoms with Crippen LogP contribution in [0.15, 0.2) is 0 Å². The molecule has 4 heteroatoms. The van der Waals surface area contributed by atoms with Gasteiger partial charge in [-0.25, -0.2) is 0 Å². The lowest BCUT2D eigenvalue weighted by atomic mass is 10.0. The van der Waals surface area contributed by atoms with Crippen molar-refractivity contribution in [2.45, 2.75) is 33.6 Å². The maximum absolute atomic E-state index is 12.0. The third-order valence-corrected chi connectivity index (χ3v) is 2.52. The first-order valence-corrected chi connectivity index (χ1v) is 5.85. The van der Waals surface area contributed by atoms with E-state index < -0.39 is 0 Å². The molecule has 0 aliphatic heterocycles. The molecular weight excluding hydrogens is 208 g/mol. The highest BCUT2D eigenvalue weighted by Gasteiger charge is 2.23. The maximum atomic E-state index is 12.0. The molecule has 0 spiro atoms. The Morgan fingerprint density at radius 2 is 2.00 bits per heavy atom. The van der Waals surface area contributed by atoms with Crippen molar-refractivity contribution in [3.8, 4) is 0 Å². The first-order chi connectivity index (χ1) is 6.90. The topological polar surface area (TPSA) is 46.3 Å². The summed E-state index contributed by atoms with van der Waals surface area (Å²) in [7, 11) is 1.81. The van der Waals surface area contributed by atoms with Crippen LogP contribution in [0.4, 0.5) is 0 Å². The zero-order valence-corrected chi connectivity index (χ0v) is 10.9. The van der Waals surface area contributed by atoms with Crippen molar-refractivity contribution in [1.82, 2.24) is 4.90 Å². The summed E-state index contributed by atoms with van der Waals surface area (Å²) < 4.78 is 0. The fourth-order valence-corrected chi connectivity index (χ4v) is 1.80. The number of thiocarbonyl (C=S) groups is 1. The zero-order valence-electron chi connectivity index (χ0n) is 10.1. The Hall–Kier alpha value is -0.640. The molecule has 0 aromatic heterocycles. The summed E-state index contributed by atoms with van der Waals surface area (Å²) in [6.45, 7) is 6.95. The summed E-state index contributed by atoms with van der Waals surface area (Å²) in [5, 5.41) is 0. The molecule has 1 amide bonds. The minimum atomic E-state index is -0.284. The molecule has 0 rings (SSSR count). The third-order valence-electron chi connectivity index (χ3n) is 2.23. The predicted octanol–water partition coefficient (Wildman–Crippen LogP) is 1.80. The molecule has 88 valence electrons. The van der Waals surface area contributed by atoms with Gasteiger partial charge in [-0.15, -0.1) is 0 Å². The molecule has 2 N–H and O–H groups in total. The minimum absolute atomic E-state index is 0.0538. The summed E-state index contributed by atoms with van der Waals surface area (Å²) in [4.78, 5) is 14.0. The van der Waals surface area contributed by atoms with Crippen LogP contribution in [-0.2, 0) is 4.79 Å². The predicted molar refractivity (Wildman–Crippen MR) is 67.7 cm³/mol. The molecule has 0 aliphatic rings. The third kappa shape index (κ3) is 5.11. The average molecular weight is 230 g/mol. The van der Waals surface area contributed by atoms with Gasteiger partial charge in [-0.1, -0.05) is 39.4 Å². The first-order valence-electron chi connectivity index (χ1n) is 5.44. The van der Waals surface area contributed by atoms with Gasteiger partial charge in [0.2, 0.25) is 5.91 Å². The molecule has 1 unspecified atom stereocenters. The van der Waals surface area contributed by atoms with E-state index in [1.807, 2.05) is 14.0 Å². The lowest BCUT2D eigenvalue weighted by Crippen LogP contribution is -2.40. The second-order valence-electron chi connectivity index (χ2n) is 4.36. The van der Waals surface area contributed by atoms with Crippen molar-refractivity contribution in [3.05, 3.63) is 0 Å². The standard InChI is InChI=1S/C11H22N2OS/c1-5-6-9(10(12)15)11(14)13(4)7-8(2)3/h8-9H,5-7H2,1-4H3,(H2,12,15). The molecule has 0 aromatic carbocycles. The van der Waals surface area contributed by atoms with Gasteiger partial charge in [-0.3, -0.25) is 4.79 Å². The van der Waals surface area contributed by atoms with Gasteiger partial charge in [-0.05, 0) is 12.3 Å². The minimum Gasteiger partial charge on any atom is -0.393 e. The van der Waals surface area contributed by atoms with E-state index in [2.05, 4.69) is 13.8 Å². The van der Waals surface area contributed by atoms with Crippen LogP contribution in [0.1, 0.15) is 33.6 Å². The van der Waals surface area contributed by atoms with E-state index in [9.17, 15) is 4.79 Å². The Bertz CT molecular complexity index is 229. The van der Waals surface area contributed by atoms with E-state index in [0.717, 1.165) is 19.4 Å². The van der Waals surface area contributed by atoms with Gasteiger partial charge in [0.05, 0.1) is 10.9 Å². The molecule has 3 nitrogen and oxygen atoms in total. The highest BCUT2D eigenvalue weighted by atomic mass is 32.1. The van der Waals surface area contributed by atoms with Gasteiger partial charge in [-0.2, -0.15) is 0 Å². The van der Waals surface area contributed by atoms with E-state index in [1.54, 1.807) is 4.90 Å². The second-order valence-corrected chi connectivity index (χ2v) is 4.83. The van der Waals surface area contributed by atoms with Crippen LogP contribution in [0.25, 0.3) is 0 Å². The molecule has 0 heterocycles. The van der Waals surface area contributed by atoms with Gasteiger partial charge in [0.15, 0.2) is 0 Å². The summed E-state index contributed by atoms with van der Waals surface area (Å²) in [5.41, 5.74) is 5.58. The summed E-state index contributed by atoms with van der Waals surface area (Å²) in [5.74, 6) is 0.236. The van der Waals surface area contributed by atoms with Gasteiger partial charge >= 0.3 is 0 Å².